The summed E-state index contributed by atoms with van der Waals surface area (Å²) in [6.07, 6.45) is 3.34. The number of piperidine rings is 1. The molecule has 6 heteroatoms. The number of fused-ring (bicyclic) bond motifs is 1. The fourth-order valence-corrected chi connectivity index (χ4v) is 3.68. The van der Waals surface area contributed by atoms with E-state index in [-0.39, 0.29) is 12.0 Å². The van der Waals surface area contributed by atoms with Crippen molar-refractivity contribution in [3.05, 3.63) is 64.8 Å². The normalized spacial score (nSPS) is 15.2. The van der Waals surface area contributed by atoms with Crippen molar-refractivity contribution in [3.8, 4) is 5.88 Å². The van der Waals surface area contributed by atoms with Crippen LogP contribution in [0, 0.1) is 0 Å². The molecule has 0 radical (unpaired) electrons. The second-order valence-electron chi connectivity index (χ2n) is 6.33. The lowest BCUT2D eigenvalue weighted by molar-refractivity contribution is 0.0588. The van der Waals surface area contributed by atoms with Gasteiger partial charge >= 0.3 is 0 Å². The number of aromatic nitrogens is 2. The number of hydrogen-bond donors (Lipinski definition) is 0. The Morgan fingerprint density at radius 1 is 1.08 bits per heavy atom. The lowest BCUT2D eigenvalue weighted by atomic mass is 10.1. The molecule has 0 unspecified atom stereocenters. The van der Waals surface area contributed by atoms with E-state index in [1.54, 1.807) is 6.20 Å². The van der Waals surface area contributed by atoms with Crippen LogP contribution >= 0.6 is 15.9 Å². The van der Waals surface area contributed by atoms with Crippen molar-refractivity contribution in [3.63, 3.8) is 0 Å². The Labute approximate surface area is 160 Å². The summed E-state index contributed by atoms with van der Waals surface area (Å²) in [6.45, 7) is 1.34. The van der Waals surface area contributed by atoms with Gasteiger partial charge in [0.05, 0.1) is 11.8 Å². The Kier molecular flexibility index (Phi) is 4.84. The van der Waals surface area contributed by atoms with Crippen molar-refractivity contribution < 1.29 is 9.53 Å². The van der Waals surface area contributed by atoms with Crippen molar-refractivity contribution in [2.24, 2.45) is 0 Å². The highest BCUT2D eigenvalue weighted by Crippen LogP contribution is 2.26. The number of rotatable bonds is 3. The maximum atomic E-state index is 12.7. The first-order valence-corrected chi connectivity index (χ1v) is 9.42. The Balaban J connectivity index is 1.42. The molecule has 2 aromatic carbocycles. The van der Waals surface area contributed by atoms with E-state index in [4.69, 9.17) is 4.74 Å². The van der Waals surface area contributed by atoms with Gasteiger partial charge in [0.2, 0.25) is 5.88 Å². The van der Waals surface area contributed by atoms with Crippen molar-refractivity contribution >= 4 is 32.6 Å². The fraction of sp³-hybridized carbons (Fsp3) is 0.250. The monoisotopic (exact) mass is 411 g/mol. The highest BCUT2D eigenvalue weighted by atomic mass is 79.9. The van der Waals surface area contributed by atoms with Crippen molar-refractivity contribution in [2.45, 2.75) is 18.9 Å². The van der Waals surface area contributed by atoms with Crippen LogP contribution in [0.1, 0.15) is 23.2 Å². The Morgan fingerprint density at radius 2 is 1.81 bits per heavy atom. The van der Waals surface area contributed by atoms with Crippen LogP contribution in [0.5, 0.6) is 5.88 Å². The molecule has 1 amide bonds. The third kappa shape index (κ3) is 3.42. The van der Waals surface area contributed by atoms with Gasteiger partial charge in [-0.25, -0.2) is 0 Å². The second kappa shape index (κ2) is 7.41. The molecule has 0 spiro atoms. The van der Waals surface area contributed by atoms with Crippen LogP contribution in [0.2, 0.25) is 0 Å². The number of amides is 1. The van der Waals surface area contributed by atoms with Crippen LogP contribution in [0.3, 0.4) is 0 Å². The van der Waals surface area contributed by atoms with Gasteiger partial charge in [0, 0.05) is 41.2 Å². The zero-order chi connectivity index (χ0) is 17.9. The van der Waals surface area contributed by atoms with Crippen molar-refractivity contribution in [1.82, 2.24) is 15.1 Å². The van der Waals surface area contributed by atoms with Gasteiger partial charge in [-0.3, -0.25) is 4.79 Å². The summed E-state index contributed by atoms with van der Waals surface area (Å²) >= 11 is 3.46. The van der Waals surface area contributed by atoms with Crippen LogP contribution in [0.15, 0.2) is 59.2 Å². The average Bonchev–Trinajstić information content (AvgIpc) is 2.69. The molecule has 0 aliphatic carbocycles. The summed E-state index contributed by atoms with van der Waals surface area (Å²) in [5.74, 6) is 0.625. The number of carbonyl (C=O) groups is 1. The van der Waals surface area contributed by atoms with E-state index >= 15 is 0 Å². The van der Waals surface area contributed by atoms with E-state index in [1.165, 1.54) is 0 Å². The molecule has 1 fully saturated rings. The lowest BCUT2D eigenvalue weighted by Crippen LogP contribution is -2.42. The molecule has 1 aliphatic rings. The molecular formula is C20H18BrN3O2. The van der Waals surface area contributed by atoms with E-state index in [0.717, 1.165) is 28.1 Å². The number of nitrogens with zero attached hydrogens (tertiary/aromatic N) is 3. The molecule has 0 saturated carbocycles. The van der Waals surface area contributed by atoms with Gasteiger partial charge in [0.25, 0.3) is 5.91 Å². The maximum absolute atomic E-state index is 12.7. The molecule has 0 atom stereocenters. The van der Waals surface area contributed by atoms with Crippen LogP contribution < -0.4 is 4.74 Å². The number of carbonyl (C=O) groups excluding carboxylic acids is 1. The molecule has 132 valence electrons. The quantitative estimate of drug-likeness (QED) is 0.651. The van der Waals surface area contributed by atoms with E-state index in [2.05, 4.69) is 26.1 Å². The van der Waals surface area contributed by atoms with Crippen molar-refractivity contribution in [2.75, 3.05) is 13.1 Å². The number of ether oxygens (including phenoxy) is 1. The molecule has 26 heavy (non-hydrogen) atoms. The van der Waals surface area contributed by atoms with Crippen LogP contribution in [-0.2, 0) is 0 Å². The highest BCUT2D eigenvalue weighted by Gasteiger charge is 2.26. The molecule has 0 N–H and O–H groups in total. The number of halogens is 1. The largest absolute Gasteiger partial charge is 0.473 e. The predicted molar refractivity (Wildman–Crippen MR) is 103 cm³/mol. The van der Waals surface area contributed by atoms with Gasteiger partial charge in [0.1, 0.15) is 6.10 Å². The molecule has 1 aromatic heterocycles. The average molecular weight is 412 g/mol. The summed E-state index contributed by atoms with van der Waals surface area (Å²) in [5.41, 5.74) is 0.701. The lowest BCUT2D eigenvalue weighted by Gasteiger charge is -2.32. The minimum Gasteiger partial charge on any atom is -0.473 e. The van der Waals surface area contributed by atoms with E-state index in [0.29, 0.717) is 24.5 Å². The molecule has 4 rings (SSSR count). The second-order valence-corrected chi connectivity index (χ2v) is 7.18. The standard InChI is InChI=1S/C20H18BrN3O2/c21-18-8-4-3-7-17(18)20(25)24-11-9-15(10-12-24)26-19-16-6-2-1-5-14(16)13-22-23-19/h1-8,13,15H,9-12H2. The third-order valence-corrected chi connectivity index (χ3v) is 5.34. The molecule has 3 aromatic rings. The summed E-state index contributed by atoms with van der Waals surface area (Å²) in [7, 11) is 0. The van der Waals surface area contributed by atoms with Gasteiger partial charge < -0.3 is 9.64 Å². The Hall–Kier alpha value is -2.47. The SMILES string of the molecule is O=C(c1ccccc1Br)N1CCC(Oc2nncc3ccccc23)CC1. The minimum atomic E-state index is 0.0402. The molecular weight excluding hydrogens is 394 g/mol. The summed E-state index contributed by atoms with van der Waals surface area (Å²) < 4.78 is 6.93. The molecule has 1 aliphatic heterocycles. The summed E-state index contributed by atoms with van der Waals surface area (Å²) in [4.78, 5) is 14.6. The van der Waals surface area contributed by atoms with Crippen LogP contribution in [0.4, 0.5) is 0 Å². The van der Waals surface area contributed by atoms with Gasteiger partial charge in [-0.15, -0.1) is 5.10 Å². The number of hydrogen-bond acceptors (Lipinski definition) is 4. The first-order valence-electron chi connectivity index (χ1n) is 8.63. The Morgan fingerprint density at radius 3 is 2.62 bits per heavy atom. The van der Waals surface area contributed by atoms with E-state index in [9.17, 15) is 4.79 Å². The third-order valence-electron chi connectivity index (χ3n) is 4.65. The van der Waals surface area contributed by atoms with Crippen molar-refractivity contribution in [1.29, 1.82) is 0 Å². The number of benzene rings is 2. The molecule has 2 heterocycles. The molecule has 5 nitrogen and oxygen atoms in total. The van der Waals surface area contributed by atoms with Gasteiger partial charge in [-0.2, -0.15) is 5.10 Å². The fourth-order valence-electron chi connectivity index (χ4n) is 3.23. The predicted octanol–water partition coefficient (Wildman–Crippen LogP) is 4.08. The zero-order valence-electron chi connectivity index (χ0n) is 14.1. The van der Waals surface area contributed by atoms with Crippen LogP contribution in [0.25, 0.3) is 10.8 Å². The molecule has 1 saturated heterocycles. The molecule has 0 bridgehead atoms. The summed E-state index contributed by atoms with van der Waals surface area (Å²) in [6, 6.07) is 15.5. The van der Waals surface area contributed by atoms with Crippen LogP contribution in [-0.4, -0.2) is 40.2 Å². The van der Waals surface area contributed by atoms with Gasteiger partial charge in [-0.05, 0) is 34.1 Å². The minimum absolute atomic E-state index is 0.0402. The first-order chi connectivity index (χ1) is 12.7. The zero-order valence-corrected chi connectivity index (χ0v) is 15.7. The Bertz CT molecular complexity index is 934. The van der Waals surface area contributed by atoms with Gasteiger partial charge in [-0.1, -0.05) is 30.3 Å². The summed E-state index contributed by atoms with van der Waals surface area (Å²) in [5, 5.41) is 10.2. The first kappa shape index (κ1) is 17.0. The highest BCUT2D eigenvalue weighted by molar-refractivity contribution is 9.10. The maximum Gasteiger partial charge on any atom is 0.255 e. The van der Waals surface area contributed by atoms with Gasteiger partial charge in [0.15, 0.2) is 0 Å². The smallest absolute Gasteiger partial charge is 0.255 e. The van der Waals surface area contributed by atoms with E-state index in [1.807, 2.05) is 53.4 Å². The topological polar surface area (TPSA) is 55.3 Å². The van der Waals surface area contributed by atoms with E-state index < -0.39 is 0 Å². The number of likely N-dealkylation sites (tertiary alicyclic amines) is 1.